The molecule has 5 nitrogen and oxygen atoms in total. The van der Waals surface area contributed by atoms with Crippen molar-refractivity contribution in [1.29, 1.82) is 0 Å². The molecule has 1 aromatic carbocycles. The van der Waals surface area contributed by atoms with Gasteiger partial charge in [0.1, 0.15) is 17.1 Å². The van der Waals surface area contributed by atoms with Crippen molar-refractivity contribution in [1.82, 2.24) is 15.0 Å². The number of benzene rings is 1. The molecule has 0 spiro atoms. The lowest BCUT2D eigenvalue weighted by Gasteiger charge is -2.13. The number of aromatic nitrogens is 3. The molecule has 0 saturated heterocycles. The van der Waals surface area contributed by atoms with E-state index in [9.17, 15) is 5.11 Å². The van der Waals surface area contributed by atoms with Crippen molar-refractivity contribution in [3.8, 4) is 11.4 Å². The molecule has 1 N–H and O–H groups in total. The number of aliphatic hydroxyl groups excluding tert-OH is 1. The van der Waals surface area contributed by atoms with Crippen molar-refractivity contribution in [2.45, 2.75) is 32.3 Å². The van der Waals surface area contributed by atoms with Gasteiger partial charge in [-0.2, -0.15) is 0 Å². The molecule has 0 aliphatic heterocycles. The lowest BCUT2D eigenvalue weighted by Crippen LogP contribution is -2.05. The highest BCUT2D eigenvalue weighted by molar-refractivity contribution is 6.31. The summed E-state index contributed by atoms with van der Waals surface area (Å²) in [5.41, 5.74) is 3.38. The molecule has 0 bridgehead atoms. The monoisotopic (exact) mass is 293 g/mol. The zero-order valence-corrected chi connectivity index (χ0v) is 12.2. The van der Waals surface area contributed by atoms with E-state index >= 15 is 0 Å². The van der Waals surface area contributed by atoms with Crippen LogP contribution < -0.4 is 4.74 Å². The quantitative estimate of drug-likeness (QED) is 0.941. The topological polar surface area (TPSA) is 60.2 Å². The minimum Gasteiger partial charge on any atom is -0.494 e. The molecule has 1 saturated carbocycles. The molecule has 6 heteroatoms. The lowest BCUT2D eigenvalue weighted by atomic mass is 10.1. The summed E-state index contributed by atoms with van der Waals surface area (Å²) in [6.07, 6.45) is 2.21. The third-order valence-corrected chi connectivity index (χ3v) is 3.99. The molecule has 0 amide bonds. The average molecular weight is 294 g/mol. The van der Waals surface area contributed by atoms with Crippen LogP contribution in [0.2, 0.25) is 5.02 Å². The smallest absolute Gasteiger partial charge is 0.146 e. The van der Waals surface area contributed by atoms with E-state index in [1.54, 1.807) is 17.9 Å². The van der Waals surface area contributed by atoms with E-state index < -0.39 is 0 Å². The number of aryl methyl sites for hydroxylation is 1. The van der Waals surface area contributed by atoms with Crippen LogP contribution in [0.1, 0.15) is 35.7 Å². The zero-order chi connectivity index (χ0) is 14.3. The van der Waals surface area contributed by atoms with Gasteiger partial charge < -0.3 is 9.84 Å². The van der Waals surface area contributed by atoms with Crippen LogP contribution in [-0.4, -0.2) is 27.2 Å². The summed E-state index contributed by atoms with van der Waals surface area (Å²) in [6, 6.07) is 3.71. The van der Waals surface area contributed by atoms with Crippen LogP contribution in [0, 0.1) is 6.92 Å². The molecule has 3 rings (SSSR count). The van der Waals surface area contributed by atoms with E-state index in [0.717, 1.165) is 29.8 Å². The standard InChI is InChI=1S/C14H16ClN3O2/c1-8-5-12(13(20-2)6-10(8)15)18-14(9-3-4-9)11(7-19)16-17-18/h5-6,9,19H,3-4,7H2,1-2H3. The first-order valence-electron chi connectivity index (χ1n) is 6.55. The second-order valence-electron chi connectivity index (χ2n) is 5.04. The van der Waals surface area contributed by atoms with E-state index in [1.165, 1.54) is 0 Å². The van der Waals surface area contributed by atoms with Gasteiger partial charge in [0.2, 0.25) is 0 Å². The number of hydrogen-bond acceptors (Lipinski definition) is 4. The van der Waals surface area contributed by atoms with Gasteiger partial charge in [0.05, 0.1) is 19.4 Å². The summed E-state index contributed by atoms with van der Waals surface area (Å²) in [5.74, 6) is 1.07. The maximum absolute atomic E-state index is 9.41. The van der Waals surface area contributed by atoms with E-state index in [-0.39, 0.29) is 6.61 Å². The van der Waals surface area contributed by atoms with Gasteiger partial charge in [0, 0.05) is 17.0 Å². The third-order valence-electron chi connectivity index (χ3n) is 3.58. The van der Waals surface area contributed by atoms with Gasteiger partial charge >= 0.3 is 0 Å². The van der Waals surface area contributed by atoms with Crippen molar-refractivity contribution in [2.24, 2.45) is 0 Å². The van der Waals surface area contributed by atoms with Gasteiger partial charge in [-0.25, -0.2) is 4.68 Å². The first-order chi connectivity index (χ1) is 9.65. The van der Waals surface area contributed by atoms with E-state index in [2.05, 4.69) is 10.3 Å². The molecule has 1 fully saturated rings. The molecule has 0 unspecified atom stereocenters. The van der Waals surface area contributed by atoms with Crippen LogP contribution in [0.25, 0.3) is 5.69 Å². The number of nitrogens with zero attached hydrogens (tertiary/aromatic N) is 3. The number of hydrogen-bond donors (Lipinski definition) is 1. The van der Waals surface area contributed by atoms with Crippen molar-refractivity contribution >= 4 is 11.6 Å². The molecule has 0 atom stereocenters. The van der Waals surface area contributed by atoms with Gasteiger partial charge in [-0.1, -0.05) is 16.8 Å². The lowest BCUT2D eigenvalue weighted by molar-refractivity contribution is 0.275. The Kier molecular flexibility index (Phi) is 3.40. The predicted octanol–water partition coefficient (Wildman–Crippen LogP) is 2.61. The Morgan fingerprint density at radius 1 is 1.45 bits per heavy atom. The third kappa shape index (κ3) is 2.17. The predicted molar refractivity (Wildman–Crippen MR) is 75.6 cm³/mol. The zero-order valence-electron chi connectivity index (χ0n) is 11.4. The van der Waals surface area contributed by atoms with Gasteiger partial charge in [-0.3, -0.25) is 0 Å². The molecule has 1 aromatic heterocycles. The fourth-order valence-corrected chi connectivity index (χ4v) is 2.51. The first-order valence-corrected chi connectivity index (χ1v) is 6.93. The Hall–Kier alpha value is -1.59. The van der Waals surface area contributed by atoms with Crippen LogP contribution in [-0.2, 0) is 6.61 Å². The number of methoxy groups -OCH3 is 1. The normalized spacial score (nSPS) is 14.6. The molecule has 1 aliphatic rings. The Labute approximate surface area is 122 Å². The Morgan fingerprint density at radius 2 is 2.20 bits per heavy atom. The highest BCUT2D eigenvalue weighted by Gasteiger charge is 2.32. The minimum atomic E-state index is -0.0965. The molecule has 0 radical (unpaired) electrons. The number of rotatable bonds is 4. The Morgan fingerprint density at radius 3 is 2.80 bits per heavy atom. The summed E-state index contributed by atoms with van der Waals surface area (Å²) >= 11 is 6.13. The van der Waals surface area contributed by atoms with Crippen LogP contribution in [0.4, 0.5) is 0 Å². The van der Waals surface area contributed by atoms with Gasteiger partial charge in [-0.15, -0.1) is 5.10 Å². The van der Waals surface area contributed by atoms with Crippen LogP contribution in [0.5, 0.6) is 5.75 Å². The fraction of sp³-hybridized carbons (Fsp3) is 0.429. The minimum absolute atomic E-state index is 0.0965. The van der Waals surface area contributed by atoms with Gasteiger partial charge in [-0.05, 0) is 31.4 Å². The van der Waals surface area contributed by atoms with Gasteiger partial charge in [0.25, 0.3) is 0 Å². The van der Waals surface area contributed by atoms with Crippen LogP contribution in [0.15, 0.2) is 12.1 Å². The number of ether oxygens (including phenoxy) is 1. The summed E-state index contributed by atoms with van der Waals surface area (Å²) in [6.45, 7) is 1.84. The second kappa shape index (κ2) is 5.07. The van der Waals surface area contributed by atoms with Crippen molar-refractivity contribution in [3.05, 3.63) is 34.1 Å². The summed E-state index contributed by atoms with van der Waals surface area (Å²) in [5, 5.41) is 18.3. The molecule has 106 valence electrons. The fourth-order valence-electron chi connectivity index (χ4n) is 2.35. The second-order valence-corrected chi connectivity index (χ2v) is 5.45. The molecular formula is C14H16ClN3O2. The molecular weight excluding hydrogens is 278 g/mol. The Bertz CT molecular complexity index is 650. The number of aliphatic hydroxyl groups is 1. The van der Waals surface area contributed by atoms with E-state index in [4.69, 9.17) is 16.3 Å². The summed E-state index contributed by atoms with van der Waals surface area (Å²) < 4.78 is 7.17. The average Bonchev–Trinajstić information content (AvgIpc) is 3.20. The number of halogens is 1. The Balaban J connectivity index is 2.18. The summed E-state index contributed by atoms with van der Waals surface area (Å²) in [4.78, 5) is 0. The van der Waals surface area contributed by atoms with Crippen molar-refractivity contribution in [3.63, 3.8) is 0 Å². The van der Waals surface area contributed by atoms with Crippen LogP contribution >= 0.6 is 11.6 Å². The molecule has 20 heavy (non-hydrogen) atoms. The highest BCUT2D eigenvalue weighted by Crippen LogP contribution is 2.43. The van der Waals surface area contributed by atoms with Crippen molar-refractivity contribution < 1.29 is 9.84 Å². The van der Waals surface area contributed by atoms with E-state index in [0.29, 0.717) is 22.4 Å². The van der Waals surface area contributed by atoms with Crippen LogP contribution in [0.3, 0.4) is 0 Å². The molecule has 1 heterocycles. The van der Waals surface area contributed by atoms with Gasteiger partial charge in [0.15, 0.2) is 0 Å². The first kappa shape index (κ1) is 13.4. The summed E-state index contributed by atoms with van der Waals surface area (Å²) in [7, 11) is 1.60. The highest BCUT2D eigenvalue weighted by atomic mass is 35.5. The van der Waals surface area contributed by atoms with Crippen molar-refractivity contribution in [2.75, 3.05) is 7.11 Å². The molecule has 2 aromatic rings. The maximum Gasteiger partial charge on any atom is 0.146 e. The largest absolute Gasteiger partial charge is 0.494 e. The molecule has 1 aliphatic carbocycles. The van der Waals surface area contributed by atoms with E-state index in [1.807, 2.05) is 13.0 Å². The maximum atomic E-state index is 9.41. The SMILES string of the molecule is COc1cc(Cl)c(C)cc1-n1nnc(CO)c1C1CC1.